The minimum atomic E-state index is -0.562. The summed E-state index contributed by atoms with van der Waals surface area (Å²) in [5, 5.41) is 9.11. The molecule has 0 aliphatic carbocycles. The van der Waals surface area contributed by atoms with Crippen molar-refractivity contribution in [3.63, 3.8) is 0 Å². The second-order valence-electron chi connectivity index (χ2n) is 4.11. The first-order valence-electron chi connectivity index (χ1n) is 5.29. The molecule has 1 unspecified atom stereocenters. The lowest BCUT2D eigenvalue weighted by atomic mass is 10.2. The zero-order valence-electron chi connectivity index (χ0n) is 9.58. The molecule has 0 aliphatic heterocycles. The molecule has 0 radical (unpaired) electrons. The van der Waals surface area contributed by atoms with Gasteiger partial charge in [0.2, 0.25) is 0 Å². The van der Waals surface area contributed by atoms with Crippen LogP contribution in [0.2, 0.25) is 0 Å². The van der Waals surface area contributed by atoms with E-state index in [9.17, 15) is 8.78 Å². The predicted octanol–water partition coefficient (Wildman–Crippen LogP) is 2.17. The molecule has 0 fully saturated rings. The molecular weight excluding hydrogens is 212 g/mol. The van der Waals surface area contributed by atoms with Crippen molar-refractivity contribution in [3.8, 4) is 0 Å². The van der Waals surface area contributed by atoms with Gasteiger partial charge >= 0.3 is 0 Å². The highest BCUT2D eigenvalue weighted by Gasteiger charge is 2.07. The maximum Gasteiger partial charge on any atom is 0.130 e. The van der Waals surface area contributed by atoms with Crippen LogP contribution < -0.4 is 0 Å². The topological polar surface area (TPSA) is 23.5 Å². The highest BCUT2D eigenvalue weighted by Crippen LogP contribution is 2.11. The van der Waals surface area contributed by atoms with Crippen molar-refractivity contribution in [1.82, 2.24) is 4.90 Å². The van der Waals surface area contributed by atoms with Gasteiger partial charge in [0.15, 0.2) is 0 Å². The molecule has 1 rings (SSSR count). The standard InChI is InChI=1S/C12H17F2NO/c1-9(16)5-6-15(2)8-10-3-4-11(13)7-12(10)14/h3-4,7,9,16H,5-6,8H2,1-2H3. The Morgan fingerprint density at radius 1 is 1.38 bits per heavy atom. The van der Waals surface area contributed by atoms with Crippen molar-refractivity contribution in [2.24, 2.45) is 0 Å². The van der Waals surface area contributed by atoms with Crippen molar-refractivity contribution in [2.75, 3.05) is 13.6 Å². The average Bonchev–Trinajstić information content (AvgIpc) is 2.19. The van der Waals surface area contributed by atoms with Crippen molar-refractivity contribution >= 4 is 0 Å². The molecule has 16 heavy (non-hydrogen) atoms. The summed E-state index contributed by atoms with van der Waals surface area (Å²) in [4.78, 5) is 1.89. The molecule has 1 aromatic rings. The number of benzene rings is 1. The molecule has 1 N–H and O–H groups in total. The van der Waals surface area contributed by atoms with E-state index in [4.69, 9.17) is 5.11 Å². The largest absolute Gasteiger partial charge is 0.393 e. The molecule has 0 bridgehead atoms. The molecule has 2 nitrogen and oxygen atoms in total. The van der Waals surface area contributed by atoms with Gasteiger partial charge in [-0.15, -0.1) is 0 Å². The van der Waals surface area contributed by atoms with Crippen LogP contribution in [0, 0.1) is 11.6 Å². The fourth-order valence-corrected chi connectivity index (χ4v) is 1.43. The molecule has 0 amide bonds. The van der Waals surface area contributed by atoms with Crippen LogP contribution in [0.1, 0.15) is 18.9 Å². The minimum absolute atomic E-state index is 0.361. The number of halogens is 2. The minimum Gasteiger partial charge on any atom is -0.393 e. The Bertz CT molecular complexity index is 342. The molecule has 1 atom stereocenters. The summed E-state index contributed by atoms with van der Waals surface area (Å²) in [5.74, 6) is -1.09. The number of aliphatic hydroxyl groups excluding tert-OH is 1. The van der Waals surface area contributed by atoms with Crippen LogP contribution in [0.25, 0.3) is 0 Å². The van der Waals surface area contributed by atoms with Gasteiger partial charge < -0.3 is 10.0 Å². The van der Waals surface area contributed by atoms with Gasteiger partial charge in [-0.2, -0.15) is 0 Å². The van der Waals surface area contributed by atoms with Gasteiger partial charge in [0.05, 0.1) is 6.10 Å². The number of aliphatic hydroxyl groups is 1. The predicted molar refractivity (Wildman–Crippen MR) is 59.0 cm³/mol. The Morgan fingerprint density at radius 3 is 2.62 bits per heavy atom. The molecular formula is C12H17F2NO. The van der Waals surface area contributed by atoms with Gasteiger partial charge in [-0.3, -0.25) is 0 Å². The summed E-state index contributed by atoms with van der Waals surface area (Å²) in [6.07, 6.45) is 0.278. The quantitative estimate of drug-likeness (QED) is 0.836. The fraction of sp³-hybridized carbons (Fsp3) is 0.500. The SMILES string of the molecule is CC(O)CCN(C)Cc1ccc(F)cc1F. The van der Waals surface area contributed by atoms with Gasteiger partial charge in [0, 0.05) is 24.7 Å². The summed E-state index contributed by atoms with van der Waals surface area (Å²) < 4.78 is 25.9. The Labute approximate surface area is 94.5 Å². The number of rotatable bonds is 5. The Hall–Kier alpha value is -1.00. The van der Waals surface area contributed by atoms with Crippen LogP contribution in [0.4, 0.5) is 8.78 Å². The highest BCUT2D eigenvalue weighted by atomic mass is 19.1. The van der Waals surface area contributed by atoms with Gasteiger partial charge in [0.1, 0.15) is 11.6 Å². The number of hydrogen-bond acceptors (Lipinski definition) is 2. The molecule has 0 aliphatic rings. The normalized spacial score (nSPS) is 13.1. The van der Waals surface area contributed by atoms with Crippen LogP contribution in [0.3, 0.4) is 0 Å². The van der Waals surface area contributed by atoms with Crippen molar-refractivity contribution in [1.29, 1.82) is 0 Å². The summed E-state index contributed by atoms with van der Waals surface area (Å²) in [5.41, 5.74) is 0.467. The van der Waals surface area contributed by atoms with E-state index in [0.29, 0.717) is 25.1 Å². The first-order valence-corrected chi connectivity index (χ1v) is 5.29. The maximum atomic E-state index is 13.3. The van der Waals surface area contributed by atoms with E-state index < -0.39 is 11.6 Å². The van der Waals surface area contributed by atoms with Gasteiger partial charge in [-0.05, 0) is 26.5 Å². The van der Waals surface area contributed by atoms with E-state index >= 15 is 0 Å². The van der Waals surface area contributed by atoms with E-state index in [2.05, 4.69) is 0 Å². The Balaban J connectivity index is 2.52. The lowest BCUT2D eigenvalue weighted by molar-refractivity contribution is 0.162. The van der Waals surface area contributed by atoms with Crippen LogP contribution >= 0.6 is 0 Å². The number of hydrogen-bond donors (Lipinski definition) is 1. The molecule has 0 heterocycles. The monoisotopic (exact) mass is 229 g/mol. The summed E-state index contributed by atoms with van der Waals surface area (Å²) in [6.45, 7) is 2.81. The number of nitrogens with zero attached hydrogens (tertiary/aromatic N) is 1. The van der Waals surface area contributed by atoms with E-state index in [-0.39, 0.29) is 6.10 Å². The molecule has 0 spiro atoms. The van der Waals surface area contributed by atoms with E-state index in [1.165, 1.54) is 12.1 Å². The first-order chi connectivity index (χ1) is 7.49. The zero-order valence-corrected chi connectivity index (χ0v) is 9.58. The first kappa shape index (κ1) is 13.1. The van der Waals surface area contributed by atoms with E-state index in [1.807, 2.05) is 11.9 Å². The summed E-state index contributed by atoms with van der Waals surface area (Å²) in [6, 6.07) is 3.59. The third-order valence-electron chi connectivity index (χ3n) is 2.38. The maximum absolute atomic E-state index is 13.3. The lowest BCUT2D eigenvalue weighted by Crippen LogP contribution is -2.22. The summed E-state index contributed by atoms with van der Waals surface area (Å²) >= 11 is 0. The third-order valence-corrected chi connectivity index (χ3v) is 2.38. The van der Waals surface area contributed by atoms with Gasteiger partial charge in [0.25, 0.3) is 0 Å². The fourth-order valence-electron chi connectivity index (χ4n) is 1.43. The van der Waals surface area contributed by atoms with Crippen molar-refractivity contribution in [2.45, 2.75) is 26.0 Å². The highest BCUT2D eigenvalue weighted by molar-refractivity contribution is 5.18. The Kier molecular flexibility index (Phi) is 4.83. The molecule has 1 aromatic carbocycles. The van der Waals surface area contributed by atoms with Crippen LogP contribution in [-0.4, -0.2) is 29.7 Å². The zero-order chi connectivity index (χ0) is 12.1. The second-order valence-corrected chi connectivity index (χ2v) is 4.11. The van der Waals surface area contributed by atoms with Gasteiger partial charge in [-0.1, -0.05) is 6.07 Å². The van der Waals surface area contributed by atoms with E-state index in [0.717, 1.165) is 6.07 Å². The second kappa shape index (κ2) is 5.92. The van der Waals surface area contributed by atoms with Crippen LogP contribution in [0.5, 0.6) is 0 Å². The summed E-state index contributed by atoms with van der Waals surface area (Å²) in [7, 11) is 1.84. The molecule has 4 heteroatoms. The molecule has 0 saturated carbocycles. The Morgan fingerprint density at radius 2 is 2.06 bits per heavy atom. The molecule has 0 saturated heterocycles. The van der Waals surface area contributed by atoms with E-state index in [1.54, 1.807) is 6.92 Å². The molecule has 90 valence electrons. The van der Waals surface area contributed by atoms with Crippen molar-refractivity contribution in [3.05, 3.63) is 35.4 Å². The lowest BCUT2D eigenvalue weighted by Gasteiger charge is -2.17. The molecule has 0 aromatic heterocycles. The van der Waals surface area contributed by atoms with Crippen LogP contribution in [0.15, 0.2) is 18.2 Å². The van der Waals surface area contributed by atoms with Gasteiger partial charge in [-0.25, -0.2) is 8.78 Å². The average molecular weight is 229 g/mol. The smallest absolute Gasteiger partial charge is 0.130 e. The third kappa shape index (κ3) is 4.24. The van der Waals surface area contributed by atoms with Crippen molar-refractivity contribution < 1.29 is 13.9 Å². The van der Waals surface area contributed by atoms with Crippen LogP contribution in [-0.2, 0) is 6.54 Å².